The monoisotopic (exact) mass is 196 g/mol. The number of rotatable bonds is 1. The highest BCUT2D eigenvalue weighted by Crippen LogP contribution is 2.27. The molecule has 0 amide bonds. The van der Waals surface area contributed by atoms with Gasteiger partial charge in [-0.2, -0.15) is 0 Å². The van der Waals surface area contributed by atoms with Crippen molar-refractivity contribution in [2.24, 2.45) is 5.92 Å². The molecule has 2 nitrogen and oxygen atoms in total. The topological polar surface area (TPSA) is 15.3 Å². The SMILES string of the molecule is CC(C)C1=C2C=CC(Cl)=CN2NC1. The van der Waals surface area contributed by atoms with Crippen LogP contribution >= 0.6 is 11.6 Å². The summed E-state index contributed by atoms with van der Waals surface area (Å²) in [4.78, 5) is 0. The first-order valence-corrected chi connectivity index (χ1v) is 4.87. The lowest BCUT2D eigenvalue weighted by molar-refractivity contribution is 0.394. The minimum Gasteiger partial charge on any atom is -0.282 e. The van der Waals surface area contributed by atoms with Crippen LogP contribution in [0.5, 0.6) is 0 Å². The molecule has 3 heteroatoms. The molecular weight excluding hydrogens is 184 g/mol. The van der Waals surface area contributed by atoms with Crippen LogP contribution in [0.1, 0.15) is 13.8 Å². The van der Waals surface area contributed by atoms with Crippen molar-refractivity contribution in [1.29, 1.82) is 0 Å². The van der Waals surface area contributed by atoms with E-state index in [4.69, 9.17) is 11.6 Å². The summed E-state index contributed by atoms with van der Waals surface area (Å²) in [6.07, 6.45) is 5.91. The molecular formula is C10H13ClN2. The minimum atomic E-state index is 0.586. The Morgan fingerprint density at radius 2 is 2.23 bits per heavy atom. The van der Waals surface area contributed by atoms with Gasteiger partial charge in [-0.05, 0) is 23.6 Å². The number of nitrogens with zero attached hydrogens (tertiary/aromatic N) is 1. The Balaban J connectivity index is 2.34. The Labute approximate surface area is 83.5 Å². The van der Waals surface area contributed by atoms with Crippen LogP contribution < -0.4 is 5.43 Å². The normalized spacial score (nSPS) is 21.2. The van der Waals surface area contributed by atoms with Gasteiger partial charge in [0.2, 0.25) is 0 Å². The molecule has 0 atom stereocenters. The molecule has 0 radical (unpaired) electrons. The third-order valence-electron chi connectivity index (χ3n) is 2.38. The number of nitrogens with one attached hydrogen (secondary N) is 1. The summed E-state index contributed by atoms with van der Waals surface area (Å²) in [7, 11) is 0. The van der Waals surface area contributed by atoms with Crippen LogP contribution in [0.15, 0.2) is 34.7 Å². The highest BCUT2D eigenvalue weighted by atomic mass is 35.5. The summed E-state index contributed by atoms with van der Waals surface area (Å²) in [5, 5.41) is 2.76. The van der Waals surface area contributed by atoms with Gasteiger partial charge in [-0.15, -0.1) is 0 Å². The standard InChI is InChI=1S/C10H13ClN2/c1-7(2)9-5-12-13-6-8(11)3-4-10(9)13/h3-4,6-7,12H,5H2,1-2H3. The van der Waals surface area contributed by atoms with Gasteiger partial charge in [0, 0.05) is 12.7 Å². The van der Waals surface area contributed by atoms with Crippen LogP contribution in [0.25, 0.3) is 0 Å². The molecule has 2 heterocycles. The average molecular weight is 197 g/mol. The van der Waals surface area contributed by atoms with Crippen molar-refractivity contribution < 1.29 is 0 Å². The van der Waals surface area contributed by atoms with E-state index in [1.54, 1.807) is 0 Å². The van der Waals surface area contributed by atoms with Crippen LogP contribution in [0.2, 0.25) is 0 Å². The number of hydrogen-bond acceptors (Lipinski definition) is 2. The molecule has 0 fully saturated rings. The Hall–Kier alpha value is -0.730. The molecule has 0 saturated carbocycles. The fraction of sp³-hybridized carbons (Fsp3) is 0.400. The van der Waals surface area contributed by atoms with Crippen molar-refractivity contribution >= 4 is 11.6 Å². The van der Waals surface area contributed by atoms with E-state index < -0.39 is 0 Å². The van der Waals surface area contributed by atoms with Gasteiger partial charge in [0.15, 0.2) is 0 Å². The fourth-order valence-electron chi connectivity index (χ4n) is 1.63. The van der Waals surface area contributed by atoms with Crippen molar-refractivity contribution in [2.45, 2.75) is 13.8 Å². The Morgan fingerprint density at radius 3 is 2.92 bits per heavy atom. The van der Waals surface area contributed by atoms with Crippen LogP contribution in [-0.4, -0.2) is 11.6 Å². The van der Waals surface area contributed by atoms with Crippen LogP contribution in [0.3, 0.4) is 0 Å². The zero-order chi connectivity index (χ0) is 9.42. The van der Waals surface area contributed by atoms with Gasteiger partial charge in [-0.25, -0.2) is 5.43 Å². The Morgan fingerprint density at radius 1 is 1.46 bits per heavy atom. The first kappa shape index (κ1) is 8.85. The van der Waals surface area contributed by atoms with E-state index in [1.165, 1.54) is 11.3 Å². The Kier molecular flexibility index (Phi) is 2.18. The number of halogens is 1. The molecule has 70 valence electrons. The minimum absolute atomic E-state index is 0.586. The van der Waals surface area contributed by atoms with Gasteiger partial charge in [0.05, 0.1) is 10.7 Å². The molecule has 0 aromatic rings. The zero-order valence-corrected chi connectivity index (χ0v) is 8.60. The second-order valence-electron chi connectivity index (χ2n) is 3.62. The molecule has 0 saturated heterocycles. The van der Waals surface area contributed by atoms with Crippen LogP contribution in [0.4, 0.5) is 0 Å². The second-order valence-corrected chi connectivity index (χ2v) is 4.05. The molecule has 0 bridgehead atoms. The largest absolute Gasteiger partial charge is 0.282 e. The van der Waals surface area contributed by atoms with Crippen molar-refractivity contribution in [3.8, 4) is 0 Å². The van der Waals surface area contributed by atoms with Crippen molar-refractivity contribution in [3.63, 3.8) is 0 Å². The van der Waals surface area contributed by atoms with E-state index in [9.17, 15) is 0 Å². The lowest BCUT2D eigenvalue weighted by atomic mass is 10.0. The lowest BCUT2D eigenvalue weighted by Crippen LogP contribution is -2.27. The van der Waals surface area contributed by atoms with E-state index in [0.29, 0.717) is 5.92 Å². The quantitative estimate of drug-likeness (QED) is 0.693. The summed E-state index contributed by atoms with van der Waals surface area (Å²) in [6.45, 7) is 5.35. The first-order valence-electron chi connectivity index (χ1n) is 4.49. The van der Waals surface area contributed by atoms with Crippen LogP contribution in [0, 0.1) is 5.92 Å². The molecule has 0 aliphatic carbocycles. The number of hydrogen-bond donors (Lipinski definition) is 1. The summed E-state index contributed by atoms with van der Waals surface area (Å²) in [5.41, 5.74) is 5.96. The number of allylic oxidation sites excluding steroid dienone is 3. The molecule has 1 N–H and O–H groups in total. The van der Waals surface area contributed by atoms with E-state index in [1.807, 2.05) is 17.3 Å². The fourth-order valence-corrected chi connectivity index (χ4v) is 1.79. The van der Waals surface area contributed by atoms with Gasteiger partial charge in [0.25, 0.3) is 0 Å². The third kappa shape index (κ3) is 1.52. The van der Waals surface area contributed by atoms with E-state index >= 15 is 0 Å². The Bertz CT molecular complexity index is 313. The highest BCUT2D eigenvalue weighted by Gasteiger charge is 2.22. The van der Waals surface area contributed by atoms with Gasteiger partial charge in [0.1, 0.15) is 0 Å². The molecule has 0 unspecified atom stereocenters. The molecule has 2 aliphatic heterocycles. The van der Waals surface area contributed by atoms with E-state index in [-0.39, 0.29) is 0 Å². The van der Waals surface area contributed by atoms with Gasteiger partial charge in [-0.1, -0.05) is 25.4 Å². The molecule has 2 rings (SSSR count). The van der Waals surface area contributed by atoms with Crippen molar-refractivity contribution in [2.75, 3.05) is 6.54 Å². The summed E-state index contributed by atoms with van der Waals surface area (Å²) in [6, 6.07) is 0. The van der Waals surface area contributed by atoms with E-state index in [0.717, 1.165) is 11.6 Å². The zero-order valence-electron chi connectivity index (χ0n) is 7.84. The molecule has 0 spiro atoms. The van der Waals surface area contributed by atoms with Gasteiger partial charge >= 0.3 is 0 Å². The number of fused-ring (bicyclic) bond motifs is 1. The maximum absolute atomic E-state index is 5.88. The molecule has 2 aliphatic rings. The smallest absolute Gasteiger partial charge is 0.0584 e. The van der Waals surface area contributed by atoms with Crippen molar-refractivity contribution in [1.82, 2.24) is 10.4 Å². The molecule has 0 aromatic carbocycles. The second kappa shape index (κ2) is 3.20. The predicted octanol–water partition coefficient (Wildman–Crippen LogP) is 2.37. The maximum atomic E-state index is 5.88. The lowest BCUT2D eigenvalue weighted by Gasteiger charge is -2.19. The summed E-state index contributed by atoms with van der Waals surface area (Å²) < 4.78 is 0. The maximum Gasteiger partial charge on any atom is 0.0584 e. The average Bonchev–Trinajstić information content (AvgIpc) is 2.46. The molecule has 13 heavy (non-hydrogen) atoms. The van der Waals surface area contributed by atoms with Gasteiger partial charge in [-0.3, -0.25) is 5.01 Å². The summed E-state index contributed by atoms with van der Waals surface area (Å²) in [5.74, 6) is 0.586. The van der Waals surface area contributed by atoms with Crippen LogP contribution in [-0.2, 0) is 0 Å². The third-order valence-corrected chi connectivity index (χ3v) is 2.60. The molecule has 0 aromatic heterocycles. The van der Waals surface area contributed by atoms with E-state index in [2.05, 4.69) is 25.3 Å². The highest BCUT2D eigenvalue weighted by molar-refractivity contribution is 6.31. The summed E-state index contributed by atoms with van der Waals surface area (Å²) >= 11 is 5.88. The van der Waals surface area contributed by atoms with Gasteiger partial charge < -0.3 is 0 Å². The van der Waals surface area contributed by atoms with Crippen molar-refractivity contribution in [3.05, 3.63) is 34.7 Å². The predicted molar refractivity (Wildman–Crippen MR) is 54.8 cm³/mol. The number of hydrazine groups is 1. The first-order chi connectivity index (χ1) is 6.18.